The number of hydrogen-bond acceptors (Lipinski definition) is 2. The van der Waals surface area contributed by atoms with Crippen LogP contribution in [0.5, 0.6) is 0 Å². The lowest BCUT2D eigenvalue weighted by Crippen LogP contribution is -2.17. The van der Waals surface area contributed by atoms with Crippen molar-refractivity contribution in [3.05, 3.63) is 252 Å². The highest BCUT2D eigenvalue weighted by atomic mass is 15.1. The van der Waals surface area contributed by atoms with E-state index in [0.29, 0.717) is 0 Å². The molecule has 0 unspecified atom stereocenters. The molecule has 0 heterocycles. The third-order valence-electron chi connectivity index (χ3n) is 14.3. The number of fused-ring (bicyclic) bond motifs is 10. The van der Waals surface area contributed by atoms with Gasteiger partial charge in [0.15, 0.2) is 0 Å². The lowest BCUT2D eigenvalue weighted by molar-refractivity contribution is 0.666. The molecule has 2 aliphatic rings. The lowest BCUT2D eigenvalue weighted by Gasteiger charge is -2.28. The van der Waals surface area contributed by atoms with Gasteiger partial charge in [0.1, 0.15) is 0 Å². The molecule has 2 nitrogen and oxygen atoms in total. The van der Waals surface area contributed by atoms with Gasteiger partial charge in [0, 0.05) is 45.0 Å². The van der Waals surface area contributed by atoms with E-state index >= 15 is 0 Å². The largest absolute Gasteiger partial charge is 0.310 e. The van der Waals surface area contributed by atoms with Crippen molar-refractivity contribution in [1.82, 2.24) is 0 Å². The standard InChI is InChI=1S/C64H50N2/c1-63(2)59-41-51(65(47-17-9-5-10-18-47)48-19-11-6-12-20-48)31-37-55(59)57-35-29-45-39-43(27-33-53(45)61(57)63)25-26-44-28-34-54-46(40-44)30-36-58-56-38-32-52(42-60(56)64(3,4)62(54)58)66(49-21-13-7-14-22-49)50-23-15-8-16-24-50/h5-42H,1-4H3. The zero-order valence-electron chi connectivity index (χ0n) is 37.8. The first-order valence-electron chi connectivity index (χ1n) is 23.2. The van der Waals surface area contributed by atoms with Crippen LogP contribution >= 0.6 is 0 Å². The first-order valence-corrected chi connectivity index (χ1v) is 23.2. The molecule has 316 valence electrons. The molecule has 0 spiro atoms. The SMILES string of the molecule is CC1(C)c2cc(N(c3ccccc3)c3ccccc3)ccc2-c2ccc3cc(C=Cc4ccc5c6c(ccc5c4)-c4ccc(N(c5ccccc5)c5ccccc5)cc4C6(C)C)ccc3c21. The van der Waals surface area contributed by atoms with Crippen LogP contribution in [-0.2, 0) is 10.8 Å². The predicted molar refractivity (Wildman–Crippen MR) is 281 cm³/mol. The van der Waals surface area contributed by atoms with Gasteiger partial charge in [-0.2, -0.15) is 0 Å². The number of para-hydroxylation sites is 4. The van der Waals surface area contributed by atoms with E-state index in [1.807, 2.05) is 0 Å². The molecule has 0 saturated heterocycles. The first-order chi connectivity index (χ1) is 32.2. The fourth-order valence-corrected chi connectivity index (χ4v) is 11.2. The third kappa shape index (κ3) is 6.39. The van der Waals surface area contributed by atoms with E-state index < -0.39 is 0 Å². The second-order valence-electron chi connectivity index (χ2n) is 19.0. The van der Waals surface area contributed by atoms with E-state index in [1.54, 1.807) is 0 Å². The summed E-state index contributed by atoms with van der Waals surface area (Å²) < 4.78 is 0. The topological polar surface area (TPSA) is 6.48 Å². The van der Waals surface area contributed by atoms with Crippen LogP contribution in [0.4, 0.5) is 34.1 Å². The van der Waals surface area contributed by atoms with Crippen LogP contribution < -0.4 is 9.80 Å². The van der Waals surface area contributed by atoms with Gasteiger partial charge < -0.3 is 9.80 Å². The smallest absolute Gasteiger partial charge is 0.0465 e. The minimum absolute atomic E-state index is 0.176. The quantitative estimate of drug-likeness (QED) is 0.141. The second-order valence-corrected chi connectivity index (χ2v) is 19.0. The molecular weight excluding hydrogens is 797 g/mol. The molecule has 66 heavy (non-hydrogen) atoms. The van der Waals surface area contributed by atoms with Gasteiger partial charge in [-0.15, -0.1) is 0 Å². The van der Waals surface area contributed by atoms with E-state index in [9.17, 15) is 0 Å². The number of anilines is 6. The summed E-state index contributed by atoms with van der Waals surface area (Å²) in [5.74, 6) is 0. The zero-order chi connectivity index (χ0) is 44.6. The van der Waals surface area contributed by atoms with Crippen molar-refractivity contribution in [3.63, 3.8) is 0 Å². The predicted octanol–water partition coefficient (Wildman–Crippen LogP) is 17.7. The molecule has 10 aromatic rings. The van der Waals surface area contributed by atoms with E-state index in [-0.39, 0.29) is 10.8 Å². The summed E-state index contributed by atoms with van der Waals surface area (Å²) in [5, 5.41) is 5.17. The monoisotopic (exact) mass is 846 g/mol. The fourth-order valence-electron chi connectivity index (χ4n) is 11.2. The Labute approximate surface area is 388 Å². The molecule has 0 amide bonds. The Morgan fingerprint density at radius 3 is 0.985 bits per heavy atom. The van der Waals surface area contributed by atoms with Crippen LogP contribution in [0.15, 0.2) is 218 Å². The van der Waals surface area contributed by atoms with Crippen LogP contribution in [0, 0.1) is 0 Å². The van der Waals surface area contributed by atoms with Crippen molar-refractivity contribution >= 4 is 67.8 Å². The van der Waals surface area contributed by atoms with Gasteiger partial charge in [0.2, 0.25) is 0 Å². The highest BCUT2D eigenvalue weighted by Gasteiger charge is 2.39. The molecule has 0 aliphatic heterocycles. The Kier molecular flexibility index (Phi) is 9.22. The van der Waals surface area contributed by atoms with Crippen molar-refractivity contribution in [3.8, 4) is 22.3 Å². The molecule has 0 fully saturated rings. The molecule has 0 bridgehead atoms. The molecule has 10 aromatic carbocycles. The Bertz CT molecular complexity index is 3200. The number of rotatable bonds is 8. The molecule has 12 rings (SSSR count). The summed E-state index contributed by atoms with van der Waals surface area (Å²) in [6.07, 6.45) is 4.53. The van der Waals surface area contributed by atoms with Crippen molar-refractivity contribution in [2.24, 2.45) is 0 Å². The van der Waals surface area contributed by atoms with Gasteiger partial charge >= 0.3 is 0 Å². The van der Waals surface area contributed by atoms with Gasteiger partial charge in [-0.25, -0.2) is 0 Å². The summed E-state index contributed by atoms with van der Waals surface area (Å²) in [7, 11) is 0. The average molecular weight is 847 g/mol. The third-order valence-corrected chi connectivity index (χ3v) is 14.3. The van der Waals surface area contributed by atoms with Crippen molar-refractivity contribution < 1.29 is 0 Å². The lowest BCUT2D eigenvalue weighted by atomic mass is 9.80. The Hall–Kier alpha value is -7.94. The Balaban J connectivity index is 0.838. The van der Waals surface area contributed by atoms with Gasteiger partial charge in [-0.05, 0) is 162 Å². The van der Waals surface area contributed by atoms with Crippen molar-refractivity contribution in [2.45, 2.75) is 38.5 Å². The highest BCUT2D eigenvalue weighted by molar-refractivity contribution is 6.01. The second kappa shape index (κ2) is 15.4. The molecule has 0 radical (unpaired) electrons. The van der Waals surface area contributed by atoms with Crippen LogP contribution in [0.25, 0.3) is 56.0 Å². The Morgan fingerprint density at radius 2 is 0.636 bits per heavy atom. The van der Waals surface area contributed by atoms with Gasteiger partial charge in [-0.3, -0.25) is 0 Å². The Morgan fingerprint density at radius 1 is 0.303 bits per heavy atom. The molecule has 2 heteroatoms. The highest BCUT2D eigenvalue weighted by Crippen LogP contribution is 2.55. The average Bonchev–Trinajstić information content (AvgIpc) is 3.73. The maximum Gasteiger partial charge on any atom is 0.0465 e. The number of benzene rings is 10. The van der Waals surface area contributed by atoms with E-state index in [4.69, 9.17) is 0 Å². The molecule has 2 aliphatic carbocycles. The normalized spacial score (nSPS) is 13.9. The fraction of sp³-hybridized carbons (Fsp3) is 0.0938. The van der Waals surface area contributed by atoms with Gasteiger partial charge in [0.05, 0.1) is 0 Å². The van der Waals surface area contributed by atoms with Crippen LogP contribution in [0.1, 0.15) is 61.1 Å². The zero-order valence-corrected chi connectivity index (χ0v) is 37.8. The van der Waals surface area contributed by atoms with Crippen LogP contribution in [0.2, 0.25) is 0 Å². The van der Waals surface area contributed by atoms with Crippen molar-refractivity contribution in [1.29, 1.82) is 0 Å². The van der Waals surface area contributed by atoms with E-state index in [1.165, 1.54) is 88.6 Å². The number of hydrogen-bond donors (Lipinski definition) is 0. The van der Waals surface area contributed by atoms with Crippen LogP contribution in [0.3, 0.4) is 0 Å². The summed E-state index contributed by atoms with van der Waals surface area (Å²) in [4.78, 5) is 4.72. The molecule has 0 aromatic heterocycles. The first kappa shape index (κ1) is 39.6. The van der Waals surface area contributed by atoms with Gasteiger partial charge in [0.25, 0.3) is 0 Å². The molecule has 0 saturated carbocycles. The molecule has 0 N–H and O–H groups in total. The maximum absolute atomic E-state index is 2.42. The van der Waals surface area contributed by atoms with Crippen molar-refractivity contribution in [2.75, 3.05) is 9.80 Å². The minimum atomic E-state index is -0.176. The summed E-state index contributed by atoms with van der Waals surface area (Å²) in [5.41, 5.74) is 19.8. The minimum Gasteiger partial charge on any atom is -0.310 e. The summed E-state index contributed by atoms with van der Waals surface area (Å²) >= 11 is 0. The van der Waals surface area contributed by atoms with Gasteiger partial charge in [-0.1, -0.05) is 173 Å². The summed E-state index contributed by atoms with van der Waals surface area (Å²) in [6.45, 7) is 9.56. The molecular formula is C64H50N2. The van der Waals surface area contributed by atoms with Crippen LogP contribution in [-0.4, -0.2) is 0 Å². The summed E-state index contributed by atoms with van der Waals surface area (Å²) in [6, 6.07) is 80.0. The number of nitrogens with zero attached hydrogens (tertiary/aromatic N) is 2. The van der Waals surface area contributed by atoms with E-state index in [0.717, 1.165) is 22.7 Å². The maximum atomic E-state index is 2.42. The van der Waals surface area contributed by atoms with E-state index in [2.05, 4.69) is 268 Å². The molecule has 0 atom stereocenters.